The van der Waals surface area contributed by atoms with Crippen molar-refractivity contribution in [1.29, 1.82) is 0 Å². The highest BCUT2D eigenvalue weighted by molar-refractivity contribution is 5.89. The Labute approximate surface area is 213 Å². The number of rotatable bonds is 7. The van der Waals surface area contributed by atoms with Crippen molar-refractivity contribution in [3.8, 4) is 0 Å². The maximum atomic E-state index is 14.4. The van der Waals surface area contributed by atoms with Gasteiger partial charge in [-0.25, -0.2) is 0 Å². The van der Waals surface area contributed by atoms with Crippen molar-refractivity contribution in [2.75, 3.05) is 13.2 Å². The Kier molecular flexibility index (Phi) is 7.19. The third-order valence-electron chi connectivity index (χ3n) is 7.74. The van der Waals surface area contributed by atoms with E-state index in [1.54, 1.807) is 11.8 Å². The van der Waals surface area contributed by atoms with Gasteiger partial charge in [-0.15, -0.1) is 0 Å². The Hall–Kier alpha value is -3.44. The van der Waals surface area contributed by atoms with Gasteiger partial charge in [0.2, 0.25) is 11.8 Å². The molecular formula is C31H34N2O3. The van der Waals surface area contributed by atoms with E-state index in [1.165, 1.54) is 0 Å². The summed E-state index contributed by atoms with van der Waals surface area (Å²) < 4.78 is 6.41. The fourth-order valence-corrected chi connectivity index (χ4v) is 6.04. The van der Waals surface area contributed by atoms with Gasteiger partial charge in [0.25, 0.3) is 0 Å². The first kappa shape index (κ1) is 24.3. The first-order chi connectivity index (χ1) is 17.6. The SMILES string of the molecule is CC(=O)N1CCC[C@@H]2C[C@@](COCc3ccccc3)(c3ccccc3)N(Cc3ccccc3)C(=O)[C@@H]21. The van der Waals surface area contributed by atoms with E-state index in [0.29, 0.717) is 26.3 Å². The van der Waals surface area contributed by atoms with Gasteiger partial charge >= 0.3 is 0 Å². The summed E-state index contributed by atoms with van der Waals surface area (Å²) in [5, 5.41) is 0. The van der Waals surface area contributed by atoms with Crippen molar-refractivity contribution in [3.05, 3.63) is 108 Å². The number of nitrogens with zero attached hydrogens (tertiary/aromatic N) is 2. The van der Waals surface area contributed by atoms with Gasteiger partial charge in [0.15, 0.2) is 0 Å². The zero-order chi connectivity index (χ0) is 25.0. The number of amides is 2. The molecule has 0 N–H and O–H groups in total. The molecule has 5 nitrogen and oxygen atoms in total. The third kappa shape index (κ3) is 4.80. The van der Waals surface area contributed by atoms with Crippen LogP contribution in [0.5, 0.6) is 0 Å². The van der Waals surface area contributed by atoms with Gasteiger partial charge in [0.1, 0.15) is 6.04 Å². The summed E-state index contributed by atoms with van der Waals surface area (Å²) in [6.45, 7) is 3.58. The average molecular weight is 483 g/mol. The fourth-order valence-electron chi connectivity index (χ4n) is 6.04. The van der Waals surface area contributed by atoms with Crippen molar-refractivity contribution in [1.82, 2.24) is 9.80 Å². The van der Waals surface area contributed by atoms with Crippen LogP contribution in [0.2, 0.25) is 0 Å². The van der Waals surface area contributed by atoms with E-state index in [2.05, 4.69) is 36.4 Å². The van der Waals surface area contributed by atoms with Gasteiger partial charge < -0.3 is 14.5 Å². The number of ether oxygens (including phenoxy) is 1. The molecule has 5 heteroatoms. The second-order valence-electron chi connectivity index (χ2n) is 10.0. The van der Waals surface area contributed by atoms with Crippen LogP contribution in [0.15, 0.2) is 91.0 Å². The van der Waals surface area contributed by atoms with E-state index in [1.807, 2.05) is 59.5 Å². The molecule has 0 radical (unpaired) electrons. The minimum Gasteiger partial charge on any atom is -0.374 e. The van der Waals surface area contributed by atoms with E-state index in [-0.39, 0.29) is 17.7 Å². The highest BCUT2D eigenvalue weighted by atomic mass is 16.5. The minimum atomic E-state index is -0.621. The molecule has 3 atom stereocenters. The fraction of sp³-hybridized carbons (Fsp3) is 0.355. The molecule has 0 aliphatic carbocycles. The summed E-state index contributed by atoms with van der Waals surface area (Å²) in [7, 11) is 0. The Bertz CT molecular complexity index is 1170. The van der Waals surface area contributed by atoms with E-state index >= 15 is 0 Å². The molecule has 5 rings (SSSR count). The third-order valence-corrected chi connectivity index (χ3v) is 7.74. The molecule has 0 bridgehead atoms. The van der Waals surface area contributed by atoms with Crippen LogP contribution in [-0.2, 0) is 33.0 Å². The van der Waals surface area contributed by atoms with Crippen LogP contribution < -0.4 is 0 Å². The second-order valence-corrected chi connectivity index (χ2v) is 10.0. The number of carbonyl (C=O) groups is 2. The molecule has 2 fully saturated rings. The summed E-state index contributed by atoms with van der Waals surface area (Å²) in [6, 6.07) is 30.2. The average Bonchev–Trinajstić information content (AvgIpc) is 2.92. The van der Waals surface area contributed by atoms with Gasteiger partial charge in [-0.1, -0.05) is 91.0 Å². The highest BCUT2D eigenvalue weighted by Gasteiger charge is 2.54. The molecule has 0 unspecified atom stereocenters. The molecule has 2 aliphatic rings. The normalized spacial score (nSPS) is 23.9. The quantitative estimate of drug-likeness (QED) is 0.468. The van der Waals surface area contributed by atoms with E-state index in [4.69, 9.17) is 4.74 Å². The maximum absolute atomic E-state index is 14.4. The lowest BCUT2D eigenvalue weighted by molar-refractivity contribution is -0.170. The van der Waals surface area contributed by atoms with Crippen molar-refractivity contribution >= 4 is 11.8 Å². The Morgan fingerprint density at radius 3 is 2.17 bits per heavy atom. The number of fused-ring (bicyclic) bond motifs is 1. The Morgan fingerprint density at radius 2 is 1.53 bits per heavy atom. The predicted molar refractivity (Wildman–Crippen MR) is 140 cm³/mol. The molecule has 3 aromatic rings. The highest BCUT2D eigenvalue weighted by Crippen LogP contribution is 2.46. The maximum Gasteiger partial charge on any atom is 0.246 e. The summed E-state index contributed by atoms with van der Waals surface area (Å²) >= 11 is 0. The van der Waals surface area contributed by atoms with Crippen molar-refractivity contribution in [2.45, 2.75) is 50.9 Å². The lowest BCUT2D eigenvalue weighted by atomic mass is 9.70. The van der Waals surface area contributed by atoms with Crippen LogP contribution >= 0.6 is 0 Å². The molecule has 0 saturated carbocycles. The van der Waals surface area contributed by atoms with E-state index < -0.39 is 11.6 Å². The molecule has 3 aromatic carbocycles. The van der Waals surface area contributed by atoms with Crippen LogP contribution in [0, 0.1) is 5.92 Å². The number of likely N-dealkylation sites (tertiary alicyclic amines) is 2. The molecule has 0 aromatic heterocycles. The van der Waals surface area contributed by atoms with Crippen LogP contribution in [0.4, 0.5) is 0 Å². The van der Waals surface area contributed by atoms with E-state index in [9.17, 15) is 9.59 Å². The van der Waals surface area contributed by atoms with Crippen molar-refractivity contribution in [3.63, 3.8) is 0 Å². The van der Waals surface area contributed by atoms with Gasteiger partial charge in [-0.2, -0.15) is 0 Å². The van der Waals surface area contributed by atoms with Crippen molar-refractivity contribution in [2.24, 2.45) is 5.92 Å². The molecule has 2 heterocycles. The van der Waals surface area contributed by atoms with Gasteiger partial charge in [-0.05, 0) is 41.9 Å². The summed E-state index contributed by atoms with van der Waals surface area (Å²) in [5.74, 6) is 0.102. The molecule has 2 saturated heterocycles. The first-order valence-corrected chi connectivity index (χ1v) is 12.9. The minimum absolute atomic E-state index is 0.0229. The monoisotopic (exact) mass is 482 g/mol. The summed E-state index contributed by atoms with van der Waals surface area (Å²) in [5.41, 5.74) is 2.64. The van der Waals surface area contributed by atoms with Gasteiger partial charge in [0, 0.05) is 20.0 Å². The van der Waals surface area contributed by atoms with Crippen LogP contribution in [-0.4, -0.2) is 40.8 Å². The van der Waals surface area contributed by atoms with Crippen LogP contribution in [0.25, 0.3) is 0 Å². The first-order valence-electron chi connectivity index (χ1n) is 12.9. The molecule has 2 amide bonds. The predicted octanol–water partition coefficient (Wildman–Crippen LogP) is 5.16. The number of hydrogen-bond acceptors (Lipinski definition) is 3. The van der Waals surface area contributed by atoms with Gasteiger partial charge in [0.05, 0.1) is 18.8 Å². The molecule has 2 aliphatic heterocycles. The summed E-state index contributed by atoms with van der Waals surface area (Å²) in [6.07, 6.45) is 2.62. The topological polar surface area (TPSA) is 49.9 Å². The van der Waals surface area contributed by atoms with Crippen LogP contribution in [0.3, 0.4) is 0 Å². The lowest BCUT2D eigenvalue weighted by Crippen LogP contribution is -2.67. The van der Waals surface area contributed by atoms with Crippen molar-refractivity contribution < 1.29 is 14.3 Å². The number of carbonyl (C=O) groups excluding carboxylic acids is 2. The zero-order valence-corrected chi connectivity index (χ0v) is 20.9. The lowest BCUT2D eigenvalue weighted by Gasteiger charge is -2.55. The zero-order valence-electron chi connectivity index (χ0n) is 20.9. The Morgan fingerprint density at radius 1 is 0.917 bits per heavy atom. The van der Waals surface area contributed by atoms with Crippen LogP contribution in [0.1, 0.15) is 42.9 Å². The molecular weight excluding hydrogens is 448 g/mol. The number of hydrogen-bond donors (Lipinski definition) is 0. The van der Waals surface area contributed by atoms with Gasteiger partial charge in [-0.3, -0.25) is 9.59 Å². The smallest absolute Gasteiger partial charge is 0.246 e. The Balaban J connectivity index is 1.56. The molecule has 186 valence electrons. The molecule has 0 spiro atoms. The largest absolute Gasteiger partial charge is 0.374 e. The van der Waals surface area contributed by atoms with E-state index in [0.717, 1.165) is 36.0 Å². The number of piperidine rings is 2. The summed E-state index contributed by atoms with van der Waals surface area (Å²) in [4.78, 5) is 30.7. The molecule has 36 heavy (non-hydrogen) atoms. The second kappa shape index (κ2) is 10.7. The standard InChI is InChI=1S/C31H34N2O3/c1-24(34)32-19-11-16-27-20-31(28-17-9-4-10-18-28,23-36-22-26-14-7-3-8-15-26)33(30(35)29(27)32)21-25-12-5-2-6-13-25/h2-10,12-15,17-18,27,29H,11,16,19-23H2,1H3/t27-,29-,31-/m1/s1. The number of benzene rings is 3.